The van der Waals surface area contributed by atoms with Crippen LogP contribution in [0.4, 0.5) is 8.78 Å². The minimum atomic E-state index is -0.406. The van der Waals surface area contributed by atoms with Gasteiger partial charge in [0.05, 0.1) is 6.04 Å². The Bertz CT molecular complexity index is 409. The van der Waals surface area contributed by atoms with Gasteiger partial charge in [-0.3, -0.25) is 4.90 Å². The molecule has 0 bridgehead atoms. The summed E-state index contributed by atoms with van der Waals surface area (Å²) in [4.78, 5) is 2.17. The van der Waals surface area contributed by atoms with Crippen LogP contribution in [-0.4, -0.2) is 24.5 Å². The van der Waals surface area contributed by atoms with Crippen molar-refractivity contribution in [2.45, 2.75) is 25.8 Å². The Morgan fingerprint density at radius 3 is 2.83 bits per heavy atom. The zero-order valence-electron chi connectivity index (χ0n) is 10.7. The number of benzene rings is 1. The lowest BCUT2D eigenvalue weighted by Crippen LogP contribution is -2.32. The molecule has 1 saturated heterocycles. The van der Waals surface area contributed by atoms with Gasteiger partial charge < -0.3 is 5.73 Å². The van der Waals surface area contributed by atoms with Crippen LogP contribution in [0.5, 0.6) is 0 Å². The average Bonchev–Trinajstić information content (AvgIpc) is 2.83. The molecular formula is C14H20F2N2. The molecule has 1 fully saturated rings. The molecule has 1 aliphatic heterocycles. The van der Waals surface area contributed by atoms with Crippen molar-refractivity contribution in [1.29, 1.82) is 0 Å². The highest BCUT2D eigenvalue weighted by atomic mass is 19.1. The largest absolute Gasteiger partial charge is 0.329 e. The maximum absolute atomic E-state index is 13.8. The van der Waals surface area contributed by atoms with Gasteiger partial charge in [-0.1, -0.05) is 13.3 Å². The summed E-state index contributed by atoms with van der Waals surface area (Å²) in [6.45, 7) is 4.32. The van der Waals surface area contributed by atoms with Crippen molar-refractivity contribution in [3.05, 3.63) is 35.4 Å². The van der Waals surface area contributed by atoms with E-state index in [2.05, 4.69) is 11.8 Å². The van der Waals surface area contributed by atoms with Crippen LogP contribution in [-0.2, 0) is 0 Å². The number of hydrogen-bond donors (Lipinski definition) is 1. The highest BCUT2D eigenvalue weighted by Crippen LogP contribution is 2.30. The predicted octanol–water partition coefficient (Wildman–Crippen LogP) is 2.70. The van der Waals surface area contributed by atoms with E-state index in [1.807, 2.05) is 0 Å². The van der Waals surface area contributed by atoms with Crippen LogP contribution in [0.3, 0.4) is 0 Å². The van der Waals surface area contributed by atoms with Crippen LogP contribution >= 0.6 is 0 Å². The maximum atomic E-state index is 13.8. The van der Waals surface area contributed by atoms with Crippen LogP contribution in [0.1, 0.15) is 31.4 Å². The molecule has 2 nitrogen and oxygen atoms in total. The van der Waals surface area contributed by atoms with Gasteiger partial charge in [-0.25, -0.2) is 8.78 Å². The maximum Gasteiger partial charge on any atom is 0.128 e. The minimum absolute atomic E-state index is 0.211. The first-order valence-electron chi connectivity index (χ1n) is 6.54. The Balaban J connectivity index is 2.20. The summed E-state index contributed by atoms with van der Waals surface area (Å²) < 4.78 is 27.0. The van der Waals surface area contributed by atoms with Crippen LogP contribution in [0.25, 0.3) is 0 Å². The van der Waals surface area contributed by atoms with Crippen molar-refractivity contribution in [1.82, 2.24) is 4.90 Å². The van der Waals surface area contributed by atoms with Gasteiger partial charge in [0.1, 0.15) is 11.6 Å². The third-order valence-corrected chi connectivity index (χ3v) is 3.88. The standard InChI is InChI=1S/C14H20F2N2/c1-2-10-5-6-18(9-10)14(8-17)12-7-11(15)3-4-13(12)16/h3-4,7,10,14H,2,5-6,8-9,17H2,1H3. The van der Waals surface area contributed by atoms with Crippen molar-refractivity contribution in [3.8, 4) is 0 Å². The predicted molar refractivity (Wildman–Crippen MR) is 68.1 cm³/mol. The Hall–Kier alpha value is -1.00. The zero-order chi connectivity index (χ0) is 13.1. The summed E-state index contributed by atoms with van der Waals surface area (Å²) in [6, 6.07) is 3.38. The second-order valence-corrected chi connectivity index (χ2v) is 4.98. The molecule has 4 heteroatoms. The molecule has 100 valence electrons. The van der Waals surface area contributed by atoms with E-state index >= 15 is 0 Å². The van der Waals surface area contributed by atoms with Gasteiger partial charge in [0.25, 0.3) is 0 Å². The first-order chi connectivity index (χ1) is 8.65. The van der Waals surface area contributed by atoms with Crippen molar-refractivity contribution in [3.63, 3.8) is 0 Å². The van der Waals surface area contributed by atoms with Gasteiger partial charge in [-0.15, -0.1) is 0 Å². The molecule has 2 rings (SSSR count). The fourth-order valence-electron chi connectivity index (χ4n) is 2.72. The lowest BCUT2D eigenvalue weighted by Gasteiger charge is -2.27. The highest BCUT2D eigenvalue weighted by molar-refractivity contribution is 5.23. The van der Waals surface area contributed by atoms with Gasteiger partial charge in [-0.05, 0) is 37.1 Å². The summed E-state index contributed by atoms with van der Waals surface area (Å²) in [6.07, 6.45) is 2.24. The number of likely N-dealkylation sites (tertiary alicyclic amines) is 1. The van der Waals surface area contributed by atoms with Crippen LogP contribution in [0.2, 0.25) is 0 Å². The first-order valence-corrected chi connectivity index (χ1v) is 6.54. The van der Waals surface area contributed by atoms with Gasteiger partial charge in [-0.2, -0.15) is 0 Å². The topological polar surface area (TPSA) is 29.3 Å². The highest BCUT2D eigenvalue weighted by Gasteiger charge is 2.29. The smallest absolute Gasteiger partial charge is 0.128 e. The van der Waals surface area contributed by atoms with Gasteiger partial charge >= 0.3 is 0 Å². The van der Waals surface area contributed by atoms with Gasteiger partial charge in [0.15, 0.2) is 0 Å². The lowest BCUT2D eigenvalue weighted by atomic mass is 10.0. The van der Waals surface area contributed by atoms with Crippen molar-refractivity contribution >= 4 is 0 Å². The second kappa shape index (κ2) is 5.76. The average molecular weight is 254 g/mol. The van der Waals surface area contributed by atoms with E-state index in [0.29, 0.717) is 18.0 Å². The molecule has 0 aromatic heterocycles. The molecule has 0 saturated carbocycles. The van der Waals surface area contributed by atoms with E-state index in [0.717, 1.165) is 32.0 Å². The number of halogens is 2. The number of hydrogen-bond acceptors (Lipinski definition) is 2. The Morgan fingerprint density at radius 1 is 1.44 bits per heavy atom. The Morgan fingerprint density at radius 2 is 2.22 bits per heavy atom. The van der Waals surface area contributed by atoms with Crippen molar-refractivity contribution in [2.24, 2.45) is 11.7 Å². The normalized spacial score (nSPS) is 22.3. The van der Waals surface area contributed by atoms with Crippen molar-refractivity contribution in [2.75, 3.05) is 19.6 Å². The first kappa shape index (κ1) is 13.4. The molecule has 0 radical (unpaired) electrons. The summed E-state index contributed by atoms with van der Waals surface area (Å²) >= 11 is 0. The van der Waals surface area contributed by atoms with E-state index in [4.69, 9.17) is 5.73 Å². The quantitative estimate of drug-likeness (QED) is 0.895. The van der Waals surface area contributed by atoms with Crippen molar-refractivity contribution < 1.29 is 8.78 Å². The molecule has 1 aromatic rings. The van der Waals surface area contributed by atoms with Crippen LogP contribution < -0.4 is 5.73 Å². The van der Waals surface area contributed by atoms with Crippen LogP contribution in [0.15, 0.2) is 18.2 Å². The Labute approximate surface area is 107 Å². The third-order valence-electron chi connectivity index (χ3n) is 3.88. The Kier molecular flexibility index (Phi) is 4.30. The molecule has 1 aromatic carbocycles. The lowest BCUT2D eigenvalue weighted by molar-refractivity contribution is 0.235. The van der Waals surface area contributed by atoms with E-state index in [-0.39, 0.29) is 11.9 Å². The SMILES string of the molecule is CCC1CCN(C(CN)c2cc(F)ccc2F)C1. The van der Waals surface area contributed by atoms with Crippen LogP contribution in [0, 0.1) is 17.6 Å². The molecular weight excluding hydrogens is 234 g/mol. The number of nitrogens with two attached hydrogens (primary N) is 1. The molecule has 0 amide bonds. The fraction of sp³-hybridized carbons (Fsp3) is 0.571. The minimum Gasteiger partial charge on any atom is -0.329 e. The molecule has 2 N–H and O–H groups in total. The zero-order valence-corrected chi connectivity index (χ0v) is 10.7. The molecule has 2 unspecified atom stereocenters. The summed E-state index contributed by atoms with van der Waals surface area (Å²) in [5.74, 6) is -0.126. The fourth-order valence-corrected chi connectivity index (χ4v) is 2.72. The second-order valence-electron chi connectivity index (χ2n) is 4.98. The molecule has 18 heavy (non-hydrogen) atoms. The van der Waals surface area contributed by atoms with E-state index in [9.17, 15) is 8.78 Å². The molecule has 2 atom stereocenters. The monoisotopic (exact) mass is 254 g/mol. The van der Waals surface area contributed by atoms with E-state index in [1.165, 1.54) is 12.1 Å². The van der Waals surface area contributed by atoms with E-state index in [1.54, 1.807) is 0 Å². The molecule has 0 aliphatic carbocycles. The molecule has 1 heterocycles. The number of nitrogens with zero attached hydrogens (tertiary/aromatic N) is 1. The van der Waals surface area contributed by atoms with E-state index < -0.39 is 5.82 Å². The summed E-state index contributed by atoms with van der Waals surface area (Å²) in [5, 5.41) is 0. The number of rotatable bonds is 4. The van der Waals surface area contributed by atoms with Gasteiger partial charge in [0, 0.05) is 18.7 Å². The third kappa shape index (κ3) is 2.70. The summed E-state index contributed by atoms with van der Waals surface area (Å²) in [7, 11) is 0. The van der Waals surface area contributed by atoms with Gasteiger partial charge in [0.2, 0.25) is 0 Å². The summed E-state index contributed by atoms with van der Waals surface area (Å²) in [5.41, 5.74) is 6.14. The molecule has 1 aliphatic rings. The molecule has 0 spiro atoms.